The second kappa shape index (κ2) is 11.0. The van der Waals surface area contributed by atoms with Gasteiger partial charge in [-0.3, -0.25) is 9.69 Å². The Bertz CT molecular complexity index is 896. The molecule has 1 aromatic rings. The largest absolute Gasteiger partial charge is 0.454 e. The van der Waals surface area contributed by atoms with Crippen LogP contribution in [0.3, 0.4) is 0 Å². The molecule has 0 amide bonds. The zero-order valence-corrected chi connectivity index (χ0v) is 17.4. The number of morpholine rings is 1. The van der Waals surface area contributed by atoms with Crippen molar-refractivity contribution in [1.29, 1.82) is 5.41 Å². The fourth-order valence-electron chi connectivity index (χ4n) is 2.97. The topological polar surface area (TPSA) is 118 Å². The number of Topliss-reactive ketones (excluding diaryl/α,β-unsaturated/α-hetero) is 1. The number of hydrogen-bond acceptors (Lipinski definition) is 8. The molecule has 1 heterocycles. The van der Waals surface area contributed by atoms with Crippen LogP contribution in [-0.4, -0.2) is 68.4 Å². The predicted molar refractivity (Wildman–Crippen MR) is 107 cm³/mol. The summed E-state index contributed by atoms with van der Waals surface area (Å²) in [5.41, 5.74) is 2.83. The number of ether oxygens (including phenoxy) is 2. The Balaban J connectivity index is 2.01. The van der Waals surface area contributed by atoms with Gasteiger partial charge in [0.25, 0.3) is 0 Å². The minimum Gasteiger partial charge on any atom is -0.454 e. The Morgan fingerprint density at radius 2 is 1.94 bits per heavy atom. The Morgan fingerprint density at radius 1 is 1.28 bits per heavy atom. The van der Waals surface area contributed by atoms with Crippen LogP contribution in [-0.2, 0) is 20.4 Å². The molecule has 0 aliphatic carbocycles. The fraction of sp³-hybridized carbons (Fsp3) is 0.450. The second-order valence-electron chi connectivity index (χ2n) is 6.96. The summed E-state index contributed by atoms with van der Waals surface area (Å²) in [4.78, 5) is 26.6. The number of ketones is 1. The van der Waals surface area contributed by atoms with Crippen LogP contribution in [0, 0.1) is 11.2 Å². The molecule has 1 aliphatic heterocycles. The maximum atomic E-state index is 14.1. The van der Waals surface area contributed by atoms with Crippen LogP contribution in [0.25, 0.3) is 0 Å². The average Bonchev–Trinajstić information content (AvgIpc) is 2.72. The number of nitrogens with one attached hydrogen (secondary N) is 2. The molecule has 0 aromatic heterocycles. The number of nitrogens with zero attached hydrogens (tertiary/aromatic N) is 1. The molecule has 0 saturated carbocycles. The zero-order valence-electron chi connectivity index (χ0n) is 17.4. The molecular formula is C20H24F4N4O4. The van der Waals surface area contributed by atoms with Crippen molar-refractivity contribution < 1.29 is 36.6 Å². The van der Waals surface area contributed by atoms with E-state index in [9.17, 15) is 27.2 Å². The molecule has 1 saturated heterocycles. The first-order valence-corrected chi connectivity index (χ1v) is 9.67. The van der Waals surface area contributed by atoms with Gasteiger partial charge in [0.15, 0.2) is 6.61 Å². The predicted octanol–water partition coefficient (Wildman–Crippen LogP) is 1.70. The molecule has 1 aliphatic rings. The van der Waals surface area contributed by atoms with E-state index in [-0.39, 0.29) is 17.1 Å². The van der Waals surface area contributed by atoms with Crippen LogP contribution in [0.2, 0.25) is 0 Å². The first-order chi connectivity index (χ1) is 15.0. The van der Waals surface area contributed by atoms with Crippen molar-refractivity contribution >= 4 is 17.5 Å². The average molecular weight is 460 g/mol. The highest BCUT2D eigenvalue weighted by molar-refractivity contribution is 6.18. The third-order valence-electron chi connectivity index (χ3n) is 4.63. The lowest BCUT2D eigenvalue weighted by Gasteiger charge is -2.26. The summed E-state index contributed by atoms with van der Waals surface area (Å²) in [6.07, 6.45) is -4.98. The van der Waals surface area contributed by atoms with Gasteiger partial charge in [-0.1, -0.05) is 6.07 Å². The van der Waals surface area contributed by atoms with Gasteiger partial charge < -0.3 is 25.9 Å². The molecule has 8 nitrogen and oxygen atoms in total. The van der Waals surface area contributed by atoms with Crippen LogP contribution in [0.15, 0.2) is 29.6 Å². The van der Waals surface area contributed by atoms with Gasteiger partial charge in [0.05, 0.1) is 24.3 Å². The minimum atomic E-state index is -4.98. The highest BCUT2D eigenvalue weighted by atomic mass is 19.4. The Hall–Kier alpha value is -2.99. The molecule has 0 radical (unpaired) electrons. The molecule has 0 bridgehead atoms. The highest BCUT2D eigenvalue weighted by Crippen LogP contribution is 2.32. The summed E-state index contributed by atoms with van der Waals surface area (Å²) in [5.74, 6) is -4.19. The van der Waals surface area contributed by atoms with Crippen molar-refractivity contribution in [2.45, 2.75) is 13.1 Å². The van der Waals surface area contributed by atoms with E-state index >= 15 is 0 Å². The van der Waals surface area contributed by atoms with E-state index in [0.29, 0.717) is 32.4 Å². The third-order valence-corrected chi connectivity index (χ3v) is 4.63. The Kier molecular flexibility index (Phi) is 8.72. The summed E-state index contributed by atoms with van der Waals surface area (Å²) in [6.45, 7) is 3.96. The molecule has 32 heavy (non-hydrogen) atoms. The van der Waals surface area contributed by atoms with Crippen LogP contribution in [0.1, 0.15) is 22.8 Å². The van der Waals surface area contributed by atoms with Gasteiger partial charge in [0.1, 0.15) is 17.2 Å². The van der Waals surface area contributed by atoms with Gasteiger partial charge in [-0.05, 0) is 19.1 Å². The molecule has 0 atom stereocenters. The lowest BCUT2D eigenvalue weighted by Crippen LogP contribution is -2.41. The maximum Gasteiger partial charge on any atom is 0.419 e. The quantitative estimate of drug-likeness (QED) is 0.169. The minimum absolute atomic E-state index is 0.145. The van der Waals surface area contributed by atoms with E-state index in [1.165, 1.54) is 6.92 Å². The van der Waals surface area contributed by atoms with E-state index in [1.54, 1.807) is 0 Å². The van der Waals surface area contributed by atoms with E-state index in [1.807, 2.05) is 0 Å². The molecular weight excluding hydrogens is 436 g/mol. The van der Waals surface area contributed by atoms with Gasteiger partial charge in [-0.15, -0.1) is 0 Å². The third kappa shape index (κ3) is 6.76. The summed E-state index contributed by atoms with van der Waals surface area (Å²) >= 11 is 0. The number of halogens is 4. The fourth-order valence-corrected chi connectivity index (χ4v) is 2.97. The smallest absolute Gasteiger partial charge is 0.419 e. The zero-order chi connectivity index (χ0) is 23.9. The molecule has 0 unspecified atom stereocenters. The van der Waals surface area contributed by atoms with E-state index in [2.05, 4.69) is 10.2 Å². The van der Waals surface area contributed by atoms with Crippen LogP contribution < -0.4 is 11.1 Å². The van der Waals surface area contributed by atoms with Gasteiger partial charge in [0, 0.05) is 31.9 Å². The number of esters is 1. The Labute approximate surface area is 181 Å². The number of carbonyl (C=O) groups is 2. The van der Waals surface area contributed by atoms with Crippen molar-refractivity contribution in [3.8, 4) is 0 Å². The molecule has 12 heteroatoms. The number of alkyl halides is 3. The maximum absolute atomic E-state index is 14.1. The van der Waals surface area contributed by atoms with Gasteiger partial charge >= 0.3 is 12.1 Å². The highest BCUT2D eigenvalue weighted by Gasteiger charge is 2.35. The number of rotatable bonds is 9. The summed E-state index contributed by atoms with van der Waals surface area (Å²) in [5, 5.41) is 10.6. The molecule has 2 rings (SSSR count). The first kappa shape index (κ1) is 25.3. The van der Waals surface area contributed by atoms with Gasteiger partial charge in [-0.2, -0.15) is 13.2 Å². The van der Waals surface area contributed by atoms with E-state index in [0.717, 1.165) is 25.2 Å². The number of benzene rings is 1. The van der Waals surface area contributed by atoms with Crippen LogP contribution in [0.4, 0.5) is 17.6 Å². The van der Waals surface area contributed by atoms with Crippen molar-refractivity contribution in [2.75, 3.05) is 46.0 Å². The van der Waals surface area contributed by atoms with Crippen molar-refractivity contribution in [2.24, 2.45) is 5.73 Å². The molecule has 4 N–H and O–H groups in total. The first-order valence-electron chi connectivity index (χ1n) is 9.67. The number of hydrogen-bond donors (Lipinski definition) is 3. The van der Waals surface area contributed by atoms with E-state index < -0.39 is 41.5 Å². The standard InChI is InChI=1S/C20H24F4N4O4/c1-12(25)16(18(26)27-5-6-28-7-9-31-10-8-28)19(30)32-11-15(29)13-3-2-4-14(17(13)21)20(22,23)24/h2-4,25,27H,5-11,26H2,1H3/b18-16+,25-12?. The van der Waals surface area contributed by atoms with Crippen molar-refractivity contribution in [1.82, 2.24) is 10.2 Å². The summed E-state index contributed by atoms with van der Waals surface area (Å²) in [6, 6.07) is 2.24. The lowest BCUT2D eigenvalue weighted by molar-refractivity contribution is -0.140. The molecule has 1 fully saturated rings. The monoisotopic (exact) mass is 460 g/mol. The van der Waals surface area contributed by atoms with Gasteiger partial charge in [0.2, 0.25) is 5.78 Å². The molecule has 176 valence electrons. The molecule has 1 aromatic carbocycles. The summed E-state index contributed by atoms with van der Waals surface area (Å²) in [7, 11) is 0. The molecule has 0 spiro atoms. The SMILES string of the molecule is CC(=N)/C(C(=O)OCC(=O)c1cccc(C(F)(F)F)c1F)=C(/N)NCCN1CCOCC1. The Morgan fingerprint density at radius 3 is 2.53 bits per heavy atom. The van der Waals surface area contributed by atoms with Crippen molar-refractivity contribution in [3.05, 3.63) is 46.5 Å². The number of carbonyl (C=O) groups excluding carboxylic acids is 2. The summed E-state index contributed by atoms with van der Waals surface area (Å²) < 4.78 is 62.6. The van der Waals surface area contributed by atoms with Gasteiger partial charge in [-0.25, -0.2) is 9.18 Å². The van der Waals surface area contributed by atoms with Crippen LogP contribution in [0.5, 0.6) is 0 Å². The van der Waals surface area contributed by atoms with E-state index in [4.69, 9.17) is 20.6 Å². The second-order valence-corrected chi connectivity index (χ2v) is 6.96. The number of nitrogens with two attached hydrogens (primary N) is 1. The lowest BCUT2D eigenvalue weighted by atomic mass is 10.1. The van der Waals surface area contributed by atoms with Crippen molar-refractivity contribution in [3.63, 3.8) is 0 Å². The van der Waals surface area contributed by atoms with Crippen LogP contribution >= 0.6 is 0 Å². The normalized spacial score (nSPS) is 15.7.